The Morgan fingerprint density at radius 3 is 2.71 bits per heavy atom. The molecule has 0 fully saturated rings. The van der Waals surface area contributed by atoms with Gasteiger partial charge in [-0.2, -0.15) is 4.74 Å². The van der Waals surface area contributed by atoms with Gasteiger partial charge in [0.2, 0.25) is 6.21 Å². The molecular formula is C30H31N3O4S. The van der Waals surface area contributed by atoms with E-state index in [0.717, 1.165) is 76.6 Å². The van der Waals surface area contributed by atoms with Gasteiger partial charge in [0.1, 0.15) is 10.8 Å². The van der Waals surface area contributed by atoms with Crippen molar-refractivity contribution in [2.75, 3.05) is 20.3 Å². The SMILES string of the molecule is COc1c(OCCCCOc2ccc(-c3nc4ccccc4s3)cc2)cn2c1C=[N+]([O-])C1=CCCC[C@H]1C2. The fourth-order valence-electron chi connectivity index (χ4n) is 5.19. The number of para-hydroxylation sites is 1. The third-order valence-corrected chi connectivity index (χ3v) is 8.23. The fraction of sp³-hybridized carbons (Fsp3) is 0.333. The van der Waals surface area contributed by atoms with Gasteiger partial charge in [-0.3, -0.25) is 0 Å². The van der Waals surface area contributed by atoms with Gasteiger partial charge in [0.05, 0.1) is 42.7 Å². The number of unbranched alkanes of at least 4 members (excludes halogenated alkanes) is 1. The third-order valence-electron chi connectivity index (χ3n) is 7.14. The summed E-state index contributed by atoms with van der Waals surface area (Å²) in [7, 11) is 1.62. The Morgan fingerprint density at radius 1 is 1.08 bits per heavy atom. The van der Waals surface area contributed by atoms with Crippen LogP contribution in [0.2, 0.25) is 0 Å². The first-order valence-electron chi connectivity index (χ1n) is 13.2. The highest BCUT2D eigenvalue weighted by Gasteiger charge is 2.31. The maximum atomic E-state index is 12.7. The van der Waals surface area contributed by atoms with Crippen LogP contribution in [-0.4, -0.2) is 40.8 Å². The molecule has 8 heteroatoms. The van der Waals surface area contributed by atoms with Crippen LogP contribution < -0.4 is 14.2 Å². The molecule has 4 aromatic rings. The molecule has 0 saturated carbocycles. The summed E-state index contributed by atoms with van der Waals surface area (Å²) in [6, 6.07) is 16.3. The van der Waals surface area contributed by atoms with Gasteiger partial charge in [0, 0.05) is 12.1 Å². The van der Waals surface area contributed by atoms with Crippen LogP contribution in [0.3, 0.4) is 0 Å². The van der Waals surface area contributed by atoms with Crippen molar-refractivity contribution in [3.8, 4) is 27.8 Å². The van der Waals surface area contributed by atoms with Crippen molar-refractivity contribution in [2.45, 2.75) is 38.6 Å². The van der Waals surface area contributed by atoms with Crippen molar-refractivity contribution >= 4 is 27.8 Å². The predicted octanol–water partition coefficient (Wildman–Crippen LogP) is 6.64. The second kappa shape index (κ2) is 10.9. The van der Waals surface area contributed by atoms with Crippen LogP contribution in [0, 0.1) is 11.1 Å². The van der Waals surface area contributed by atoms with Gasteiger partial charge in [0.15, 0.2) is 22.9 Å². The van der Waals surface area contributed by atoms with Crippen LogP contribution in [-0.2, 0) is 6.54 Å². The van der Waals surface area contributed by atoms with Gasteiger partial charge in [-0.25, -0.2) is 4.98 Å². The van der Waals surface area contributed by atoms with E-state index in [9.17, 15) is 5.21 Å². The number of aromatic nitrogens is 2. The molecule has 1 atom stereocenters. The molecule has 38 heavy (non-hydrogen) atoms. The molecule has 2 aliphatic rings. The first-order valence-corrected chi connectivity index (χ1v) is 14.0. The van der Waals surface area contributed by atoms with E-state index in [0.29, 0.717) is 24.7 Å². The molecule has 0 unspecified atom stereocenters. The largest absolute Gasteiger partial charge is 0.618 e. The van der Waals surface area contributed by atoms with Gasteiger partial charge in [-0.05, 0) is 74.6 Å². The summed E-state index contributed by atoms with van der Waals surface area (Å²) in [5.41, 5.74) is 3.77. The molecule has 0 N–H and O–H groups in total. The van der Waals surface area contributed by atoms with Crippen molar-refractivity contribution < 1.29 is 18.9 Å². The quantitative estimate of drug-likeness (QED) is 0.138. The summed E-state index contributed by atoms with van der Waals surface area (Å²) >= 11 is 1.70. The first kappa shape index (κ1) is 24.6. The average Bonchev–Trinajstić information content (AvgIpc) is 3.48. The molecular weight excluding hydrogens is 498 g/mol. The highest BCUT2D eigenvalue weighted by Crippen LogP contribution is 2.37. The number of fused-ring (bicyclic) bond motifs is 3. The summed E-state index contributed by atoms with van der Waals surface area (Å²) in [6.45, 7) is 1.93. The maximum Gasteiger partial charge on any atom is 0.208 e. The molecule has 0 saturated heterocycles. The molecule has 1 aliphatic carbocycles. The molecule has 0 spiro atoms. The molecule has 7 nitrogen and oxygen atoms in total. The molecule has 6 rings (SSSR count). The van der Waals surface area contributed by atoms with Crippen molar-refractivity contribution in [3.63, 3.8) is 0 Å². The van der Waals surface area contributed by atoms with Gasteiger partial charge in [-0.1, -0.05) is 12.1 Å². The first-order chi connectivity index (χ1) is 18.7. The summed E-state index contributed by atoms with van der Waals surface area (Å²) < 4.78 is 22.0. The van der Waals surface area contributed by atoms with Crippen LogP contribution in [0.4, 0.5) is 0 Å². The van der Waals surface area contributed by atoms with E-state index in [1.54, 1.807) is 24.7 Å². The lowest BCUT2D eigenvalue weighted by molar-refractivity contribution is -0.406. The number of hydroxylamine groups is 1. The number of nitrogens with zero attached hydrogens (tertiary/aromatic N) is 3. The van der Waals surface area contributed by atoms with Crippen molar-refractivity contribution in [3.05, 3.63) is 77.4 Å². The topological polar surface area (TPSA) is 71.6 Å². The number of methoxy groups -OCH3 is 1. The van der Waals surface area contributed by atoms with Crippen molar-refractivity contribution in [1.82, 2.24) is 9.55 Å². The Kier molecular flexibility index (Phi) is 7.05. The monoisotopic (exact) mass is 529 g/mol. The van der Waals surface area contributed by atoms with E-state index in [2.05, 4.69) is 28.8 Å². The van der Waals surface area contributed by atoms with Gasteiger partial charge in [-0.15, -0.1) is 11.3 Å². The van der Waals surface area contributed by atoms with Gasteiger partial charge < -0.3 is 24.0 Å². The minimum atomic E-state index is 0.233. The summed E-state index contributed by atoms with van der Waals surface area (Å²) in [4.78, 5) is 4.72. The predicted molar refractivity (Wildman–Crippen MR) is 150 cm³/mol. The maximum absolute atomic E-state index is 12.7. The Balaban J connectivity index is 1.00. The highest BCUT2D eigenvalue weighted by atomic mass is 32.1. The minimum absolute atomic E-state index is 0.233. The third kappa shape index (κ3) is 5.00. The normalized spacial score (nSPS) is 16.7. The van der Waals surface area contributed by atoms with Crippen LogP contribution >= 0.6 is 11.3 Å². The fourth-order valence-corrected chi connectivity index (χ4v) is 6.16. The molecule has 0 amide bonds. The van der Waals surface area contributed by atoms with Crippen molar-refractivity contribution in [2.24, 2.45) is 5.92 Å². The van der Waals surface area contributed by atoms with Crippen molar-refractivity contribution in [1.29, 1.82) is 0 Å². The Labute approximate surface area is 226 Å². The van der Waals surface area contributed by atoms with E-state index in [1.807, 2.05) is 36.5 Å². The number of thiazole rings is 1. The summed E-state index contributed by atoms with van der Waals surface area (Å²) in [5.74, 6) is 2.38. The Bertz CT molecular complexity index is 1450. The minimum Gasteiger partial charge on any atom is -0.618 e. The lowest BCUT2D eigenvalue weighted by Crippen LogP contribution is -2.18. The van der Waals surface area contributed by atoms with Crippen LogP contribution in [0.1, 0.15) is 37.8 Å². The number of benzene rings is 2. The number of hydrogen-bond donors (Lipinski definition) is 0. The van der Waals surface area contributed by atoms with Gasteiger partial charge in [0.25, 0.3) is 0 Å². The zero-order chi connectivity index (χ0) is 25.9. The van der Waals surface area contributed by atoms with E-state index in [1.165, 1.54) is 4.70 Å². The average molecular weight is 530 g/mol. The smallest absolute Gasteiger partial charge is 0.208 e. The number of hydrogen-bond acceptors (Lipinski definition) is 6. The van der Waals surface area contributed by atoms with E-state index in [-0.39, 0.29) is 5.92 Å². The lowest BCUT2D eigenvalue weighted by atomic mass is 9.92. The second-order valence-corrected chi connectivity index (χ2v) is 10.7. The number of rotatable bonds is 9. The van der Waals surface area contributed by atoms with Crippen LogP contribution in [0.25, 0.3) is 20.8 Å². The molecule has 196 valence electrons. The molecule has 3 heterocycles. The molecule has 2 aromatic heterocycles. The molecule has 0 bridgehead atoms. The van der Waals surface area contributed by atoms with Crippen LogP contribution in [0.15, 0.2) is 66.5 Å². The summed E-state index contributed by atoms with van der Waals surface area (Å²) in [6.07, 6.45) is 10.5. The van der Waals surface area contributed by atoms with Gasteiger partial charge >= 0.3 is 0 Å². The molecule has 2 aromatic carbocycles. The number of ether oxygens (including phenoxy) is 3. The zero-order valence-corrected chi connectivity index (χ0v) is 22.3. The standard InChI is InChI=1S/C30H31N3O4S/c1-35-29-26-19-33(34)25-10-4-2-8-22(25)18-32(26)20-27(29)37-17-7-6-16-36-23-14-12-21(13-15-23)30-31-24-9-3-5-11-28(24)38-30/h3,5,9-15,19-20,22H,2,4,6-8,16-18H2,1H3/t22-/m0/s1. The van der Waals surface area contributed by atoms with E-state index < -0.39 is 0 Å². The molecule has 1 aliphatic heterocycles. The number of allylic oxidation sites excluding steroid dienone is 2. The zero-order valence-electron chi connectivity index (χ0n) is 21.5. The Hall–Kier alpha value is -3.78. The van der Waals surface area contributed by atoms with Crippen LogP contribution in [0.5, 0.6) is 17.2 Å². The molecule has 0 radical (unpaired) electrons. The summed E-state index contributed by atoms with van der Waals surface area (Å²) in [5, 5.41) is 13.8. The Morgan fingerprint density at radius 2 is 1.89 bits per heavy atom. The highest BCUT2D eigenvalue weighted by molar-refractivity contribution is 7.21. The second-order valence-electron chi connectivity index (χ2n) is 9.69. The van der Waals surface area contributed by atoms with E-state index in [4.69, 9.17) is 19.2 Å². The van der Waals surface area contributed by atoms with E-state index >= 15 is 0 Å². The lowest BCUT2D eigenvalue weighted by Gasteiger charge is -2.20.